The summed E-state index contributed by atoms with van der Waals surface area (Å²) in [4.78, 5) is 1.84. The van der Waals surface area contributed by atoms with Gasteiger partial charge >= 0.3 is 0 Å². The number of rotatable bonds is 7. The average Bonchev–Trinajstić information content (AvgIpc) is 3.86. The zero-order valence-electron chi connectivity index (χ0n) is 34.8. The molecule has 0 aliphatic carbocycles. The van der Waals surface area contributed by atoms with Crippen molar-refractivity contribution in [2.45, 2.75) is 0 Å². The van der Waals surface area contributed by atoms with Gasteiger partial charge in [0.15, 0.2) is 0 Å². The number of hydrogen-bond donors (Lipinski definition) is 0. The molecular weight excluding hydrogens is 693 g/mol. The molecular formula is C54H36N2O. The Morgan fingerprint density at radius 2 is 0.877 bits per heavy atom. The maximum atomic E-state index is 9.69. The first kappa shape index (κ1) is 28.8. The van der Waals surface area contributed by atoms with E-state index < -0.39 is 0 Å². The summed E-state index contributed by atoms with van der Waals surface area (Å²) >= 11 is 0. The van der Waals surface area contributed by atoms with E-state index in [0.717, 1.165) is 71.7 Å². The van der Waals surface area contributed by atoms with Gasteiger partial charge in [-0.25, -0.2) is 0 Å². The molecule has 11 rings (SSSR count). The van der Waals surface area contributed by atoms with E-state index in [2.05, 4.69) is 65.2 Å². The summed E-state index contributed by atoms with van der Waals surface area (Å²) < 4.78 is 47.0. The van der Waals surface area contributed by atoms with Crippen LogP contribution in [0.15, 0.2) is 223 Å². The number of nitrogens with zero attached hydrogens (tertiary/aromatic N) is 2. The summed E-state index contributed by atoms with van der Waals surface area (Å²) in [5.74, 6) is 0. The zero-order chi connectivity index (χ0) is 41.2. The van der Waals surface area contributed by atoms with Crippen molar-refractivity contribution in [2.24, 2.45) is 0 Å². The van der Waals surface area contributed by atoms with Crippen LogP contribution in [0.3, 0.4) is 0 Å². The van der Waals surface area contributed by atoms with Gasteiger partial charge < -0.3 is 13.9 Å². The molecule has 0 aliphatic heterocycles. The molecule has 2 aromatic heterocycles. The standard InChI is InChI=1S/C54H36N2O/c1-2-12-37(13-3-1)38-22-29-42(30-23-38)55(43-31-24-39(25-32-43)41-28-35-49-48-17-7-11-21-53(48)57-54(49)36-41)44-33-26-40(27-34-44)45-14-4-8-18-50(45)56-51-19-9-5-15-46(51)47-16-6-10-20-52(47)56/h1-36H/i26D,27D,33D,34D. The van der Waals surface area contributed by atoms with Gasteiger partial charge in [-0.2, -0.15) is 0 Å². The van der Waals surface area contributed by atoms with E-state index in [9.17, 15) is 5.48 Å². The number of aromatic nitrogens is 1. The van der Waals surface area contributed by atoms with Crippen LogP contribution in [-0.4, -0.2) is 4.57 Å². The molecule has 0 spiro atoms. The van der Waals surface area contributed by atoms with Gasteiger partial charge in [-0.1, -0.05) is 146 Å². The van der Waals surface area contributed by atoms with Crippen LogP contribution >= 0.6 is 0 Å². The Morgan fingerprint density at radius 1 is 0.368 bits per heavy atom. The first-order valence-corrected chi connectivity index (χ1v) is 19.1. The van der Waals surface area contributed by atoms with Crippen LogP contribution in [0.25, 0.3) is 82.8 Å². The van der Waals surface area contributed by atoms with Gasteiger partial charge in [0.2, 0.25) is 0 Å². The van der Waals surface area contributed by atoms with E-state index >= 15 is 0 Å². The predicted octanol–water partition coefficient (Wildman–Crippen LogP) is 15.2. The van der Waals surface area contributed by atoms with Crippen molar-refractivity contribution in [1.82, 2.24) is 4.57 Å². The van der Waals surface area contributed by atoms with Crippen molar-refractivity contribution in [1.29, 1.82) is 0 Å². The van der Waals surface area contributed by atoms with Gasteiger partial charge in [-0.3, -0.25) is 0 Å². The fraction of sp³-hybridized carbons (Fsp3) is 0. The van der Waals surface area contributed by atoms with Crippen LogP contribution in [0.1, 0.15) is 5.48 Å². The molecule has 11 aromatic rings. The Balaban J connectivity index is 1.06. The highest BCUT2D eigenvalue weighted by molar-refractivity contribution is 6.10. The van der Waals surface area contributed by atoms with E-state index in [4.69, 9.17) is 4.42 Å². The first-order chi connectivity index (χ1) is 29.9. The van der Waals surface area contributed by atoms with Gasteiger partial charge in [-0.15, -0.1) is 0 Å². The lowest BCUT2D eigenvalue weighted by atomic mass is 10.0. The largest absolute Gasteiger partial charge is 0.456 e. The molecule has 0 amide bonds. The molecule has 9 aromatic carbocycles. The lowest BCUT2D eigenvalue weighted by Gasteiger charge is -2.26. The molecule has 0 saturated carbocycles. The summed E-state index contributed by atoms with van der Waals surface area (Å²) in [6, 6.07) is 64.1. The molecule has 0 N–H and O–H groups in total. The summed E-state index contributed by atoms with van der Waals surface area (Å²) in [5, 5.41) is 4.33. The van der Waals surface area contributed by atoms with Crippen molar-refractivity contribution >= 4 is 60.8 Å². The molecule has 0 saturated heterocycles. The number of para-hydroxylation sites is 4. The van der Waals surface area contributed by atoms with E-state index in [0.29, 0.717) is 16.9 Å². The fourth-order valence-corrected chi connectivity index (χ4v) is 8.16. The average molecular weight is 733 g/mol. The number of hydrogen-bond acceptors (Lipinski definition) is 2. The maximum absolute atomic E-state index is 9.69. The lowest BCUT2D eigenvalue weighted by molar-refractivity contribution is 0.669. The number of fused-ring (bicyclic) bond motifs is 6. The monoisotopic (exact) mass is 732 g/mol. The SMILES string of the molecule is [2H]c1c([2H])c(N(c2ccc(-c3ccccc3)cc2)c2ccc(-c3ccc4c(c3)oc3ccccc34)cc2)c([2H])c([2H])c1-c1ccccc1-n1c2ccccc2c2ccccc21. The smallest absolute Gasteiger partial charge is 0.136 e. The Bertz CT molecular complexity index is 3380. The molecule has 3 nitrogen and oxygen atoms in total. The van der Waals surface area contributed by atoms with Gasteiger partial charge in [0.05, 0.1) is 22.2 Å². The minimum atomic E-state index is -0.139. The molecule has 57 heavy (non-hydrogen) atoms. The van der Waals surface area contributed by atoms with Gasteiger partial charge in [0.1, 0.15) is 11.2 Å². The first-order valence-electron chi connectivity index (χ1n) is 21.1. The molecule has 0 unspecified atom stereocenters. The minimum absolute atomic E-state index is 0.120. The van der Waals surface area contributed by atoms with E-state index in [-0.39, 0.29) is 35.4 Å². The van der Waals surface area contributed by atoms with Crippen LogP contribution in [0, 0.1) is 0 Å². The molecule has 3 heteroatoms. The van der Waals surface area contributed by atoms with E-state index in [1.807, 2.05) is 138 Å². The highest BCUT2D eigenvalue weighted by atomic mass is 16.3. The molecule has 268 valence electrons. The highest BCUT2D eigenvalue weighted by Crippen LogP contribution is 2.40. The number of furan rings is 1. The summed E-state index contributed by atoms with van der Waals surface area (Å²) in [7, 11) is 0. The highest BCUT2D eigenvalue weighted by Gasteiger charge is 2.17. The van der Waals surface area contributed by atoms with Gasteiger partial charge in [0, 0.05) is 44.2 Å². The Kier molecular flexibility index (Phi) is 6.86. The third-order valence-corrected chi connectivity index (χ3v) is 10.9. The molecule has 0 radical (unpaired) electrons. The van der Waals surface area contributed by atoms with Crippen LogP contribution in [0.2, 0.25) is 0 Å². The molecule has 2 heterocycles. The second kappa shape index (κ2) is 13.6. The van der Waals surface area contributed by atoms with Crippen LogP contribution < -0.4 is 4.90 Å². The molecule has 0 bridgehead atoms. The molecule has 0 aliphatic rings. The summed E-state index contributed by atoms with van der Waals surface area (Å²) in [6.07, 6.45) is 0. The van der Waals surface area contributed by atoms with Crippen molar-refractivity contribution in [3.8, 4) is 39.1 Å². The van der Waals surface area contributed by atoms with Crippen molar-refractivity contribution in [3.05, 3.63) is 218 Å². The van der Waals surface area contributed by atoms with Crippen molar-refractivity contribution < 1.29 is 9.90 Å². The second-order valence-electron chi connectivity index (χ2n) is 14.2. The van der Waals surface area contributed by atoms with Crippen LogP contribution in [0.4, 0.5) is 17.1 Å². The summed E-state index contributed by atoms with van der Waals surface area (Å²) in [5.41, 5.74) is 10.9. The Morgan fingerprint density at radius 3 is 1.56 bits per heavy atom. The second-order valence-corrected chi connectivity index (χ2v) is 14.2. The predicted molar refractivity (Wildman–Crippen MR) is 239 cm³/mol. The number of anilines is 3. The van der Waals surface area contributed by atoms with Crippen molar-refractivity contribution in [2.75, 3.05) is 4.90 Å². The minimum Gasteiger partial charge on any atom is -0.456 e. The van der Waals surface area contributed by atoms with Gasteiger partial charge in [-0.05, 0) is 101 Å². The van der Waals surface area contributed by atoms with Crippen molar-refractivity contribution in [3.63, 3.8) is 0 Å². The summed E-state index contributed by atoms with van der Waals surface area (Å²) in [6.45, 7) is 0. The fourth-order valence-electron chi connectivity index (χ4n) is 8.16. The van der Waals surface area contributed by atoms with E-state index in [1.54, 1.807) is 0 Å². The van der Waals surface area contributed by atoms with Crippen LogP contribution in [0.5, 0.6) is 0 Å². The molecule has 0 fully saturated rings. The van der Waals surface area contributed by atoms with Gasteiger partial charge in [0.25, 0.3) is 0 Å². The molecule has 0 atom stereocenters. The zero-order valence-corrected chi connectivity index (χ0v) is 30.8. The third-order valence-electron chi connectivity index (χ3n) is 10.9. The quantitative estimate of drug-likeness (QED) is 0.163. The topological polar surface area (TPSA) is 21.3 Å². The lowest BCUT2D eigenvalue weighted by Crippen LogP contribution is -2.09. The Hall–Kier alpha value is -7.62. The third kappa shape index (κ3) is 5.68. The number of benzene rings is 9. The Labute approximate surface area is 336 Å². The normalized spacial score (nSPS) is 12.5. The maximum Gasteiger partial charge on any atom is 0.136 e. The van der Waals surface area contributed by atoms with Crippen LogP contribution in [-0.2, 0) is 0 Å². The van der Waals surface area contributed by atoms with E-state index in [1.165, 1.54) is 0 Å².